The first-order valence-corrected chi connectivity index (χ1v) is 10.6. The summed E-state index contributed by atoms with van der Waals surface area (Å²) < 4.78 is 15.0. The average molecular weight is 419 g/mol. The SMILES string of the molecule is Cc1cccc2cc([C@H](c3nnnn3Cc3ccc(F)cc3)[NH+]3CCCC3)c(=O)[nH]c12. The van der Waals surface area contributed by atoms with E-state index in [2.05, 4.69) is 20.5 Å². The number of H-pyrrole nitrogens is 1. The zero-order chi connectivity index (χ0) is 21.4. The molecule has 3 heterocycles. The van der Waals surface area contributed by atoms with Gasteiger partial charge in [0.1, 0.15) is 5.82 Å². The maximum absolute atomic E-state index is 13.3. The standard InChI is InChI=1S/C23H23FN6O/c1-15-5-4-6-17-13-19(23(31)25-20(15)17)21(29-11-2-3-12-29)22-26-27-28-30(22)14-16-7-9-18(24)10-8-16/h4-10,13,21H,2-3,11-12,14H2,1H3,(H,25,31)/p+1/t21-/m1/s1. The van der Waals surface area contributed by atoms with Gasteiger partial charge in [0.2, 0.25) is 5.82 Å². The number of pyridine rings is 1. The molecule has 158 valence electrons. The molecule has 5 rings (SSSR count). The lowest BCUT2D eigenvalue weighted by molar-refractivity contribution is -0.914. The van der Waals surface area contributed by atoms with Gasteiger partial charge in [-0.05, 0) is 52.1 Å². The molecule has 31 heavy (non-hydrogen) atoms. The van der Waals surface area contributed by atoms with Crippen LogP contribution in [-0.2, 0) is 6.54 Å². The Morgan fingerprint density at radius 2 is 1.94 bits per heavy atom. The summed E-state index contributed by atoms with van der Waals surface area (Å²) in [6.45, 7) is 4.32. The molecule has 0 bridgehead atoms. The number of benzene rings is 2. The summed E-state index contributed by atoms with van der Waals surface area (Å²) in [5.74, 6) is 0.372. The Balaban J connectivity index is 1.61. The van der Waals surface area contributed by atoms with Crippen LogP contribution in [0.1, 0.15) is 41.4 Å². The van der Waals surface area contributed by atoms with E-state index in [-0.39, 0.29) is 17.4 Å². The van der Waals surface area contributed by atoms with E-state index in [1.165, 1.54) is 17.0 Å². The quantitative estimate of drug-likeness (QED) is 0.517. The van der Waals surface area contributed by atoms with Gasteiger partial charge in [-0.25, -0.2) is 9.07 Å². The Kier molecular flexibility index (Phi) is 5.07. The number of hydrogen-bond donors (Lipinski definition) is 2. The monoisotopic (exact) mass is 419 g/mol. The topological polar surface area (TPSA) is 80.9 Å². The minimum absolute atomic E-state index is 0.109. The second-order valence-corrected chi connectivity index (χ2v) is 8.21. The molecular weight excluding hydrogens is 395 g/mol. The van der Waals surface area contributed by atoms with Gasteiger partial charge in [-0.2, -0.15) is 0 Å². The molecule has 2 N–H and O–H groups in total. The molecule has 0 saturated carbocycles. The molecule has 2 aromatic carbocycles. The number of tetrazole rings is 1. The van der Waals surface area contributed by atoms with Crippen molar-refractivity contribution in [3.8, 4) is 0 Å². The molecule has 8 heteroatoms. The molecule has 0 amide bonds. The van der Waals surface area contributed by atoms with Gasteiger partial charge in [-0.3, -0.25) is 4.79 Å². The minimum Gasteiger partial charge on any atom is -0.322 e. The van der Waals surface area contributed by atoms with E-state index in [4.69, 9.17) is 0 Å². The van der Waals surface area contributed by atoms with Crippen molar-refractivity contribution < 1.29 is 9.29 Å². The van der Waals surface area contributed by atoms with Crippen molar-refractivity contribution in [3.63, 3.8) is 0 Å². The second-order valence-electron chi connectivity index (χ2n) is 8.21. The lowest BCUT2D eigenvalue weighted by atomic mass is 10.0. The van der Waals surface area contributed by atoms with Gasteiger partial charge < -0.3 is 9.88 Å². The molecule has 1 aliphatic rings. The van der Waals surface area contributed by atoms with Crippen molar-refractivity contribution >= 4 is 10.9 Å². The number of quaternary nitrogens is 1. The smallest absolute Gasteiger partial charge is 0.258 e. The van der Waals surface area contributed by atoms with Gasteiger partial charge in [-0.1, -0.05) is 30.3 Å². The van der Waals surface area contributed by atoms with Crippen LogP contribution in [0.25, 0.3) is 10.9 Å². The van der Waals surface area contributed by atoms with Crippen molar-refractivity contribution in [3.05, 3.63) is 87.2 Å². The molecule has 0 radical (unpaired) electrons. The first-order valence-electron chi connectivity index (χ1n) is 10.6. The normalized spacial score (nSPS) is 15.5. The van der Waals surface area contributed by atoms with E-state index < -0.39 is 0 Å². The predicted octanol–water partition coefficient (Wildman–Crippen LogP) is 1.78. The van der Waals surface area contributed by atoms with Gasteiger partial charge in [0.15, 0.2) is 6.04 Å². The Hall–Kier alpha value is -3.39. The number of aromatic nitrogens is 5. The summed E-state index contributed by atoms with van der Waals surface area (Å²) in [4.78, 5) is 17.6. The van der Waals surface area contributed by atoms with Gasteiger partial charge >= 0.3 is 0 Å². The Bertz CT molecular complexity index is 1270. The van der Waals surface area contributed by atoms with Crippen molar-refractivity contribution in [2.24, 2.45) is 0 Å². The highest BCUT2D eigenvalue weighted by Crippen LogP contribution is 2.21. The molecule has 1 aliphatic heterocycles. The van der Waals surface area contributed by atoms with Crippen molar-refractivity contribution in [1.82, 2.24) is 25.2 Å². The number of aryl methyl sites for hydroxylation is 1. The highest BCUT2D eigenvalue weighted by Gasteiger charge is 2.35. The Morgan fingerprint density at radius 3 is 2.71 bits per heavy atom. The van der Waals surface area contributed by atoms with Crippen LogP contribution in [0, 0.1) is 12.7 Å². The molecule has 0 spiro atoms. The van der Waals surface area contributed by atoms with E-state index >= 15 is 0 Å². The largest absolute Gasteiger partial charge is 0.322 e. The number of hydrogen-bond acceptors (Lipinski definition) is 4. The number of aromatic amines is 1. The fourth-order valence-corrected chi connectivity index (χ4v) is 4.57. The van der Waals surface area contributed by atoms with Crippen LogP contribution in [-0.4, -0.2) is 38.3 Å². The van der Waals surface area contributed by atoms with Crippen molar-refractivity contribution in [2.45, 2.75) is 32.4 Å². The van der Waals surface area contributed by atoms with Crippen LogP contribution in [0.4, 0.5) is 4.39 Å². The van der Waals surface area contributed by atoms with Crippen LogP contribution < -0.4 is 10.5 Å². The van der Waals surface area contributed by atoms with Gasteiger partial charge in [0, 0.05) is 12.8 Å². The number of fused-ring (bicyclic) bond motifs is 1. The van der Waals surface area contributed by atoms with Gasteiger partial charge in [-0.15, -0.1) is 5.10 Å². The molecule has 0 aliphatic carbocycles. The lowest BCUT2D eigenvalue weighted by Crippen LogP contribution is -3.10. The molecule has 7 nitrogen and oxygen atoms in total. The second kappa shape index (κ2) is 8.03. The van der Waals surface area contributed by atoms with Gasteiger partial charge in [0.25, 0.3) is 5.56 Å². The highest BCUT2D eigenvalue weighted by molar-refractivity contribution is 5.82. The van der Waals surface area contributed by atoms with Crippen LogP contribution >= 0.6 is 0 Å². The van der Waals surface area contributed by atoms with E-state index in [1.807, 2.05) is 31.2 Å². The third-order valence-corrected chi connectivity index (χ3v) is 6.15. The Labute approximate surface area is 178 Å². The van der Waals surface area contributed by atoms with Crippen LogP contribution in [0.3, 0.4) is 0 Å². The average Bonchev–Trinajstić information content (AvgIpc) is 3.44. The predicted molar refractivity (Wildman–Crippen MR) is 114 cm³/mol. The zero-order valence-electron chi connectivity index (χ0n) is 17.3. The first-order chi connectivity index (χ1) is 15.1. The summed E-state index contributed by atoms with van der Waals surface area (Å²) in [5, 5.41) is 13.5. The molecule has 1 atom stereocenters. The number of nitrogens with one attached hydrogen (secondary N) is 2. The fourth-order valence-electron chi connectivity index (χ4n) is 4.57. The van der Waals surface area contributed by atoms with Crippen molar-refractivity contribution in [2.75, 3.05) is 13.1 Å². The third kappa shape index (κ3) is 3.74. The summed E-state index contributed by atoms with van der Waals surface area (Å²) >= 11 is 0. The maximum Gasteiger partial charge on any atom is 0.258 e. The molecule has 0 unspecified atom stereocenters. The number of nitrogens with zero attached hydrogens (tertiary/aromatic N) is 4. The minimum atomic E-state index is -0.280. The summed E-state index contributed by atoms with van der Waals surface area (Å²) in [6, 6.07) is 14.0. The van der Waals surface area contributed by atoms with Crippen LogP contribution in [0.2, 0.25) is 0 Å². The molecular formula is C23H24FN6O+. The molecule has 1 fully saturated rings. The number of halogens is 1. The van der Waals surface area contributed by atoms with Crippen LogP contribution in [0.5, 0.6) is 0 Å². The van der Waals surface area contributed by atoms with E-state index in [0.29, 0.717) is 17.9 Å². The number of likely N-dealkylation sites (tertiary alicyclic amines) is 1. The summed E-state index contributed by atoms with van der Waals surface area (Å²) in [5.41, 5.74) is 3.35. The lowest BCUT2D eigenvalue weighted by Gasteiger charge is -2.23. The maximum atomic E-state index is 13.3. The third-order valence-electron chi connectivity index (χ3n) is 6.15. The molecule has 1 saturated heterocycles. The fraction of sp³-hybridized carbons (Fsp3) is 0.304. The summed E-state index contributed by atoms with van der Waals surface area (Å²) in [7, 11) is 0. The molecule has 4 aromatic rings. The van der Waals surface area contributed by atoms with Gasteiger partial charge in [0.05, 0.1) is 30.7 Å². The zero-order valence-corrected chi connectivity index (χ0v) is 17.3. The molecule has 2 aromatic heterocycles. The van der Waals surface area contributed by atoms with Crippen LogP contribution in [0.15, 0.2) is 53.3 Å². The highest BCUT2D eigenvalue weighted by atomic mass is 19.1. The summed E-state index contributed by atoms with van der Waals surface area (Å²) in [6.07, 6.45) is 2.21. The number of para-hydroxylation sites is 1. The van der Waals surface area contributed by atoms with E-state index in [1.54, 1.807) is 16.8 Å². The first kappa shape index (κ1) is 19.6. The number of rotatable bonds is 5. The van der Waals surface area contributed by atoms with E-state index in [9.17, 15) is 9.18 Å². The Morgan fingerprint density at radius 1 is 1.16 bits per heavy atom. The van der Waals surface area contributed by atoms with E-state index in [0.717, 1.165) is 48.0 Å². The van der Waals surface area contributed by atoms with Crippen molar-refractivity contribution in [1.29, 1.82) is 0 Å².